The molecule has 0 aromatic heterocycles. The highest BCUT2D eigenvalue weighted by atomic mass is 31.1. The molecule has 88 valence electrons. The van der Waals surface area contributed by atoms with E-state index in [1.807, 2.05) is 0 Å². The van der Waals surface area contributed by atoms with Crippen molar-refractivity contribution in [2.75, 3.05) is 12.3 Å². The van der Waals surface area contributed by atoms with Crippen LogP contribution in [-0.2, 0) is 0 Å². The molecule has 0 aliphatic rings. The Bertz CT molecular complexity index is 307. The van der Waals surface area contributed by atoms with Crippen molar-refractivity contribution >= 4 is 14.0 Å². The predicted molar refractivity (Wildman–Crippen MR) is 77.3 cm³/mol. The topological polar surface area (TPSA) is 0 Å². The highest BCUT2D eigenvalue weighted by molar-refractivity contribution is 7.62. The molecule has 1 rings (SSSR count). The van der Waals surface area contributed by atoms with E-state index in [1.54, 1.807) is 5.31 Å². The number of hydrogen-bond donors (Lipinski definition) is 0. The summed E-state index contributed by atoms with van der Waals surface area (Å²) in [4.78, 5) is 0. The summed E-state index contributed by atoms with van der Waals surface area (Å²) in [5.74, 6) is 0. The first-order valence-corrected chi connectivity index (χ1v) is 7.97. The molecular weight excluding hydrogens is 211 g/mol. The van der Waals surface area contributed by atoms with Crippen molar-refractivity contribution in [3.8, 4) is 0 Å². The fraction of sp³-hybridized carbons (Fsp3) is 0.467. The highest BCUT2D eigenvalue weighted by Gasteiger charge is 2.07. The molecule has 0 fully saturated rings. The molecule has 1 aromatic rings. The molecule has 0 saturated heterocycles. The van der Waals surface area contributed by atoms with E-state index in [2.05, 4.69) is 57.2 Å². The van der Waals surface area contributed by atoms with Crippen molar-refractivity contribution in [1.29, 1.82) is 0 Å². The number of allylic oxidation sites excluding steroid dienone is 1. The van der Waals surface area contributed by atoms with Crippen molar-refractivity contribution in [1.82, 2.24) is 0 Å². The van der Waals surface area contributed by atoms with Crippen LogP contribution in [0.1, 0.15) is 39.2 Å². The van der Waals surface area contributed by atoms with E-state index in [1.165, 1.54) is 30.7 Å². The van der Waals surface area contributed by atoms with Crippen LogP contribution in [0.3, 0.4) is 0 Å². The molecular formula is C15H23P. The predicted octanol–water partition coefficient (Wildman–Crippen LogP) is 5.35. The van der Waals surface area contributed by atoms with E-state index in [-0.39, 0.29) is 7.92 Å². The van der Waals surface area contributed by atoms with Crippen LogP contribution in [0.15, 0.2) is 35.6 Å². The maximum atomic E-state index is 2.37. The Morgan fingerprint density at radius 2 is 1.62 bits per heavy atom. The van der Waals surface area contributed by atoms with Gasteiger partial charge in [0.2, 0.25) is 0 Å². The number of rotatable bonds is 6. The Morgan fingerprint density at radius 1 is 1.06 bits per heavy atom. The summed E-state index contributed by atoms with van der Waals surface area (Å²) >= 11 is 0. The summed E-state index contributed by atoms with van der Waals surface area (Å²) in [6.07, 6.45) is 7.77. The fourth-order valence-electron chi connectivity index (χ4n) is 1.89. The van der Waals surface area contributed by atoms with Gasteiger partial charge in [0.05, 0.1) is 0 Å². The van der Waals surface area contributed by atoms with Crippen molar-refractivity contribution in [3.63, 3.8) is 0 Å². The smallest absolute Gasteiger partial charge is 0.0254 e. The van der Waals surface area contributed by atoms with Gasteiger partial charge in [-0.15, -0.1) is 0 Å². The molecule has 0 aliphatic heterocycles. The average Bonchev–Trinajstić information content (AvgIpc) is 2.30. The van der Waals surface area contributed by atoms with E-state index in [9.17, 15) is 0 Å². The van der Waals surface area contributed by atoms with Crippen LogP contribution in [0, 0.1) is 0 Å². The molecule has 0 N–H and O–H groups in total. The van der Waals surface area contributed by atoms with Gasteiger partial charge in [-0.05, 0) is 30.1 Å². The summed E-state index contributed by atoms with van der Waals surface area (Å²) < 4.78 is 0. The summed E-state index contributed by atoms with van der Waals surface area (Å²) in [5.41, 5.74) is 1.35. The van der Waals surface area contributed by atoms with Crippen molar-refractivity contribution in [2.45, 2.75) is 33.6 Å². The first-order valence-electron chi connectivity index (χ1n) is 6.26. The molecule has 0 unspecified atom stereocenters. The second-order valence-corrected chi connectivity index (χ2v) is 6.86. The van der Waals surface area contributed by atoms with Crippen LogP contribution < -0.4 is 0 Å². The largest absolute Gasteiger partial charge is 0.0801 e. The molecule has 0 aliphatic carbocycles. The third kappa shape index (κ3) is 4.49. The average molecular weight is 234 g/mol. The standard InChI is InChI=1S/C15H23P/c1-4-11-16(12-5-2)14(3)13-15-9-7-6-8-10-15/h6-10,13H,4-5,11-12H2,1-3H3/b14-13+. The van der Waals surface area contributed by atoms with E-state index in [0.29, 0.717) is 0 Å². The minimum Gasteiger partial charge on any atom is -0.0801 e. The first kappa shape index (κ1) is 13.5. The summed E-state index contributed by atoms with van der Waals surface area (Å²) in [7, 11) is 0.115. The van der Waals surface area contributed by atoms with Crippen LogP contribution in [0.4, 0.5) is 0 Å². The van der Waals surface area contributed by atoms with Gasteiger partial charge in [0.1, 0.15) is 0 Å². The Balaban J connectivity index is 2.73. The SMILES string of the molecule is CCCP(CCC)/C(C)=C/c1ccccc1. The van der Waals surface area contributed by atoms with Gasteiger partial charge in [-0.3, -0.25) is 0 Å². The second kappa shape index (κ2) is 7.63. The van der Waals surface area contributed by atoms with Gasteiger partial charge in [0.15, 0.2) is 0 Å². The van der Waals surface area contributed by atoms with Crippen molar-refractivity contribution in [2.24, 2.45) is 0 Å². The van der Waals surface area contributed by atoms with E-state index in [4.69, 9.17) is 0 Å². The van der Waals surface area contributed by atoms with Gasteiger partial charge in [-0.25, -0.2) is 0 Å². The summed E-state index contributed by atoms with van der Waals surface area (Å²) in [5, 5.41) is 1.60. The molecule has 1 aromatic carbocycles. The Hall–Kier alpha value is -0.610. The fourth-order valence-corrected chi connectivity index (χ4v) is 4.23. The van der Waals surface area contributed by atoms with Crippen molar-refractivity contribution in [3.05, 3.63) is 41.2 Å². The molecule has 1 heteroatoms. The van der Waals surface area contributed by atoms with Crippen LogP contribution >= 0.6 is 7.92 Å². The maximum Gasteiger partial charge on any atom is -0.0254 e. The Morgan fingerprint density at radius 3 is 2.12 bits per heavy atom. The lowest BCUT2D eigenvalue weighted by Gasteiger charge is -2.17. The maximum absolute atomic E-state index is 2.37. The minimum atomic E-state index is 0.115. The zero-order chi connectivity index (χ0) is 11.8. The third-order valence-corrected chi connectivity index (χ3v) is 5.76. The molecule has 0 bridgehead atoms. The second-order valence-electron chi connectivity index (χ2n) is 4.18. The normalized spacial score (nSPS) is 12.1. The monoisotopic (exact) mass is 234 g/mol. The van der Waals surface area contributed by atoms with E-state index < -0.39 is 0 Å². The van der Waals surface area contributed by atoms with Gasteiger partial charge in [-0.1, -0.05) is 71.0 Å². The molecule has 0 nitrogen and oxygen atoms in total. The molecule has 0 radical (unpaired) electrons. The highest BCUT2D eigenvalue weighted by Crippen LogP contribution is 2.46. The first-order chi connectivity index (χ1) is 7.77. The van der Waals surface area contributed by atoms with Crippen LogP contribution in [-0.4, -0.2) is 12.3 Å². The summed E-state index contributed by atoms with van der Waals surface area (Å²) in [6.45, 7) is 6.89. The Kier molecular flexibility index (Phi) is 6.42. The lowest BCUT2D eigenvalue weighted by molar-refractivity contribution is 1.05. The van der Waals surface area contributed by atoms with Crippen LogP contribution in [0.25, 0.3) is 6.08 Å². The molecule has 0 atom stereocenters. The lowest BCUT2D eigenvalue weighted by atomic mass is 10.2. The van der Waals surface area contributed by atoms with E-state index in [0.717, 1.165) is 0 Å². The molecule has 0 saturated carbocycles. The van der Waals surface area contributed by atoms with Crippen LogP contribution in [0.2, 0.25) is 0 Å². The van der Waals surface area contributed by atoms with E-state index >= 15 is 0 Å². The molecule has 0 spiro atoms. The lowest BCUT2D eigenvalue weighted by Crippen LogP contribution is -1.89. The third-order valence-electron chi connectivity index (χ3n) is 2.66. The zero-order valence-corrected chi connectivity index (χ0v) is 11.6. The summed E-state index contributed by atoms with van der Waals surface area (Å²) in [6, 6.07) is 10.7. The molecule has 0 heterocycles. The van der Waals surface area contributed by atoms with Crippen LogP contribution in [0.5, 0.6) is 0 Å². The van der Waals surface area contributed by atoms with Gasteiger partial charge in [-0.2, -0.15) is 0 Å². The van der Waals surface area contributed by atoms with Gasteiger partial charge in [0, 0.05) is 0 Å². The quantitative estimate of drug-likeness (QED) is 0.582. The van der Waals surface area contributed by atoms with Crippen molar-refractivity contribution < 1.29 is 0 Å². The van der Waals surface area contributed by atoms with Gasteiger partial charge >= 0.3 is 0 Å². The molecule has 16 heavy (non-hydrogen) atoms. The zero-order valence-electron chi connectivity index (χ0n) is 10.7. The Labute approximate surface area is 102 Å². The minimum absolute atomic E-state index is 0.115. The van der Waals surface area contributed by atoms with Gasteiger partial charge in [0.25, 0.3) is 0 Å². The number of benzene rings is 1. The van der Waals surface area contributed by atoms with Gasteiger partial charge < -0.3 is 0 Å². The number of hydrogen-bond acceptors (Lipinski definition) is 0. The molecule has 0 amide bonds.